The van der Waals surface area contributed by atoms with Crippen LogP contribution in [-0.4, -0.2) is 0 Å². The number of fused-ring (bicyclic) bond motifs is 3. The number of rotatable bonds is 0. The standard InChI is InChI=1S/C13H9.CH3.2ClH.Zr/c1-3-7-12-10(5-1)9-11-6-2-4-8-13(11)12;;;;/h1-5,7-8H,9H2;1H3;2*1H;/q2*-1;;;+4/p-2. The van der Waals surface area contributed by atoms with E-state index >= 15 is 0 Å². The summed E-state index contributed by atoms with van der Waals surface area (Å²) in [6.07, 6.45) is 1.05. The summed E-state index contributed by atoms with van der Waals surface area (Å²) in [5.74, 6) is 0. The summed E-state index contributed by atoms with van der Waals surface area (Å²) < 4.78 is 0. The Labute approximate surface area is 135 Å². The first-order chi connectivity index (χ1) is 6.45. The van der Waals surface area contributed by atoms with Gasteiger partial charge in [0, 0.05) is 0 Å². The molecule has 0 aliphatic heterocycles. The Bertz CT molecular complexity index is 426. The van der Waals surface area contributed by atoms with Gasteiger partial charge in [-0.05, 0) is 6.42 Å². The molecule has 86 valence electrons. The average molecular weight is 342 g/mol. The Balaban J connectivity index is 0. The molecular weight excluding hydrogens is 330 g/mol. The van der Waals surface area contributed by atoms with Crippen molar-refractivity contribution in [3.05, 3.63) is 67.1 Å². The minimum atomic E-state index is 0. The van der Waals surface area contributed by atoms with Crippen LogP contribution in [0.5, 0.6) is 0 Å². The van der Waals surface area contributed by atoms with E-state index in [0.29, 0.717) is 0 Å². The molecule has 1 aliphatic rings. The smallest absolute Gasteiger partial charge is 1.00 e. The third-order valence-electron chi connectivity index (χ3n) is 2.62. The maximum absolute atomic E-state index is 3.30. The van der Waals surface area contributed by atoms with Crippen molar-refractivity contribution < 1.29 is 51.0 Å². The van der Waals surface area contributed by atoms with Gasteiger partial charge in [0.15, 0.2) is 0 Å². The van der Waals surface area contributed by atoms with E-state index in [1.54, 1.807) is 0 Å². The summed E-state index contributed by atoms with van der Waals surface area (Å²) in [7, 11) is 0. The zero-order chi connectivity index (χ0) is 8.67. The topological polar surface area (TPSA) is 0 Å². The molecule has 0 amide bonds. The second-order valence-electron chi connectivity index (χ2n) is 3.40. The molecule has 17 heavy (non-hydrogen) atoms. The molecular formula is C14H12Cl2Zr. The molecule has 2 aromatic carbocycles. The molecule has 0 unspecified atom stereocenters. The molecule has 0 radical (unpaired) electrons. The van der Waals surface area contributed by atoms with Gasteiger partial charge in [0.1, 0.15) is 0 Å². The minimum Gasteiger partial charge on any atom is -1.00 e. The van der Waals surface area contributed by atoms with Crippen LogP contribution in [0.1, 0.15) is 11.1 Å². The fourth-order valence-corrected chi connectivity index (χ4v) is 2.00. The van der Waals surface area contributed by atoms with E-state index in [4.69, 9.17) is 0 Å². The number of halogens is 2. The van der Waals surface area contributed by atoms with Crippen LogP contribution < -0.4 is 24.8 Å². The van der Waals surface area contributed by atoms with Crippen LogP contribution in [-0.2, 0) is 32.6 Å². The summed E-state index contributed by atoms with van der Waals surface area (Å²) in [6.45, 7) is 0. The molecule has 0 atom stereocenters. The normalized spacial score (nSPS) is 9.41. The molecule has 0 heterocycles. The van der Waals surface area contributed by atoms with Crippen LogP contribution in [0.25, 0.3) is 11.1 Å². The largest absolute Gasteiger partial charge is 4.00 e. The van der Waals surface area contributed by atoms with Crippen molar-refractivity contribution in [1.29, 1.82) is 0 Å². The fourth-order valence-electron chi connectivity index (χ4n) is 2.00. The van der Waals surface area contributed by atoms with Crippen LogP contribution in [0.15, 0.2) is 42.5 Å². The van der Waals surface area contributed by atoms with Gasteiger partial charge in [0.25, 0.3) is 0 Å². The third kappa shape index (κ3) is 3.44. The summed E-state index contributed by atoms with van der Waals surface area (Å²) in [4.78, 5) is 0. The Morgan fingerprint density at radius 3 is 2.29 bits per heavy atom. The molecule has 0 nitrogen and oxygen atoms in total. The Hall–Kier alpha value is -0.0969. The molecule has 0 N–H and O–H groups in total. The molecule has 3 heteroatoms. The predicted molar refractivity (Wildman–Crippen MR) is 59.9 cm³/mol. The van der Waals surface area contributed by atoms with Crippen molar-refractivity contribution in [2.24, 2.45) is 0 Å². The quantitative estimate of drug-likeness (QED) is 0.397. The van der Waals surface area contributed by atoms with Crippen LogP contribution in [0.4, 0.5) is 0 Å². The number of benzene rings is 2. The van der Waals surface area contributed by atoms with Gasteiger partial charge >= 0.3 is 26.2 Å². The van der Waals surface area contributed by atoms with Crippen LogP contribution >= 0.6 is 0 Å². The van der Waals surface area contributed by atoms with Crippen molar-refractivity contribution in [1.82, 2.24) is 0 Å². The van der Waals surface area contributed by atoms with E-state index in [1.165, 1.54) is 22.3 Å². The second kappa shape index (κ2) is 8.08. The van der Waals surface area contributed by atoms with Crippen LogP contribution in [0, 0.1) is 13.5 Å². The zero-order valence-corrected chi connectivity index (χ0v) is 13.5. The van der Waals surface area contributed by atoms with E-state index in [-0.39, 0.29) is 58.4 Å². The molecule has 1 aliphatic carbocycles. The van der Waals surface area contributed by atoms with Crippen molar-refractivity contribution in [2.45, 2.75) is 6.42 Å². The Kier molecular flexibility index (Phi) is 9.15. The molecule has 0 bridgehead atoms. The Morgan fingerprint density at radius 1 is 0.882 bits per heavy atom. The van der Waals surface area contributed by atoms with E-state index in [1.807, 2.05) is 6.07 Å². The predicted octanol–water partition coefficient (Wildman–Crippen LogP) is -2.49. The van der Waals surface area contributed by atoms with Gasteiger partial charge in [-0.15, -0.1) is 5.56 Å². The third-order valence-corrected chi connectivity index (χ3v) is 2.62. The average Bonchev–Trinajstić information content (AvgIpc) is 2.56. The summed E-state index contributed by atoms with van der Waals surface area (Å²) in [5.41, 5.74) is 5.51. The fraction of sp³-hybridized carbons (Fsp3) is 0.0714. The molecule has 0 aromatic heterocycles. The molecule has 0 saturated heterocycles. The van der Waals surface area contributed by atoms with Crippen molar-refractivity contribution in [2.75, 3.05) is 0 Å². The maximum Gasteiger partial charge on any atom is 4.00 e. The first kappa shape index (κ1) is 19.2. The molecule has 3 rings (SSSR count). The van der Waals surface area contributed by atoms with Gasteiger partial charge in [0.2, 0.25) is 0 Å². The summed E-state index contributed by atoms with van der Waals surface area (Å²) in [6, 6.07) is 18.1. The van der Waals surface area contributed by atoms with E-state index in [0.717, 1.165) is 6.42 Å². The van der Waals surface area contributed by atoms with Gasteiger partial charge < -0.3 is 32.2 Å². The molecule has 2 aromatic rings. The Morgan fingerprint density at radius 2 is 1.53 bits per heavy atom. The molecule has 0 saturated carbocycles. The van der Waals surface area contributed by atoms with Gasteiger partial charge in [-0.3, -0.25) is 0 Å². The summed E-state index contributed by atoms with van der Waals surface area (Å²) >= 11 is 0. The van der Waals surface area contributed by atoms with Crippen LogP contribution in [0.3, 0.4) is 0 Å². The zero-order valence-electron chi connectivity index (χ0n) is 9.50. The van der Waals surface area contributed by atoms with Crippen LogP contribution in [0.2, 0.25) is 0 Å². The number of hydrogen-bond donors (Lipinski definition) is 0. The second-order valence-corrected chi connectivity index (χ2v) is 3.40. The first-order valence-electron chi connectivity index (χ1n) is 4.53. The monoisotopic (exact) mass is 340 g/mol. The van der Waals surface area contributed by atoms with E-state index < -0.39 is 0 Å². The minimum absolute atomic E-state index is 0. The maximum atomic E-state index is 3.30. The van der Waals surface area contributed by atoms with Gasteiger partial charge in [-0.1, -0.05) is 35.4 Å². The van der Waals surface area contributed by atoms with E-state index in [2.05, 4.69) is 42.5 Å². The van der Waals surface area contributed by atoms with E-state index in [9.17, 15) is 0 Å². The molecule has 0 fully saturated rings. The summed E-state index contributed by atoms with van der Waals surface area (Å²) in [5, 5.41) is 0. The van der Waals surface area contributed by atoms with Gasteiger partial charge in [0.05, 0.1) is 0 Å². The van der Waals surface area contributed by atoms with Crippen molar-refractivity contribution >= 4 is 0 Å². The van der Waals surface area contributed by atoms with Gasteiger partial charge in [-0.25, -0.2) is 0 Å². The van der Waals surface area contributed by atoms with Gasteiger partial charge in [-0.2, -0.15) is 29.8 Å². The van der Waals surface area contributed by atoms with Crippen molar-refractivity contribution in [3.63, 3.8) is 0 Å². The van der Waals surface area contributed by atoms with Crippen molar-refractivity contribution in [3.8, 4) is 11.1 Å². The molecule has 0 spiro atoms. The number of hydrogen-bond acceptors (Lipinski definition) is 0. The first-order valence-corrected chi connectivity index (χ1v) is 4.53. The SMILES string of the molecule is [CH3-].[Cl-].[Cl-].[Zr+4].[c-]1cccc2c1Cc1ccccc1-2.